The first kappa shape index (κ1) is 103. The summed E-state index contributed by atoms with van der Waals surface area (Å²) in [5, 5.41) is 8.56. The van der Waals surface area contributed by atoms with Crippen molar-refractivity contribution in [2.24, 2.45) is 0 Å². The lowest BCUT2D eigenvalue weighted by atomic mass is 10.2. The summed E-state index contributed by atoms with van der Waals surface area (Å²) in [6, 6.07) is 0. The lowest BCUT2D eigenvalue weighted by Gasteiger charge is -2.22. The van der Waals surface area contributed by atoms with Gasteiger partial charge in [0.2, 0.25) is 0 Å². The molecule has 15 nitrogen and oxygen atoms in total. The molecule has 1 N–H and O–H groups in total. The lowest BCUT2D eigenvalue weighted by Crippen LogP contribution is -2.43. The standard InChI is InChI=1S/C10H17F3O4S.C10H17F3O2S.C8H13F3O4S.C8H14O3S.C6H11BrO2.C5H4.C4H6.C3H4.C2H2.CH4/c1-4-17-8(14)9(2,3)18(15,16)7-5-6-10(11,12)13;1-4-15-8(14)9(2,3)16-7-5-6-10(11,12)13;1-7(2,6(12)13)16(14,15)5-3-4-8(9,10)11;1-5-11-7(10)8(3,4)12-6(2)9;1-4-9-5(8)6(2,3)7;1-3-5-4-2;1-3-4-2;1-3-2;1-2;/h4-7H2,1-3H3;4-7H2,1-3H3;3-5H2,1-2H3,(H,12,13);5H2,1-4H3;4H2,1-3H3;1H,2H3;1-2H3;1H,2H3;1-2H;1H4. The van der Waals surface area contributed by atoms with Gasteiger partial charge in [0.25, 0.3) is 0 Å². The van der Waals surface area contributed by atoms with Gasteiger partial charge in [0, 0.05) is 26.2 Å². The molecule has 0 rings (SSSR count). The number of carboxylic acids is 1. The number of hydrogen-bond acceptors (Lipinski definition) is 16. The zero-order chi connectivity index (χ0) is 70.1. The summed E-state index contributed by atoms with van der Waals surface area (Å²) < 4.78 is 166. The molecule has 0 radical (unpaired) electrons. The second-order valence-corrected chi connectivity index (χ2v) is 29.1. The quantitative estimate of drug-likeness (QED) is 0.0265. The summed E-state index contributed by atoms with van der Waals surface area (Å²) in [5.74, 6) is 10.0. The molecule has 0 spiro atoms. The molecule has 0 aliphatic carbocycles. The van der Waals surface area contributed by atoms with Gasteiger partial charge >= 0.3 is 48.4 Å². The number of hydrogen-bond donors (Lipinski definition) is 1. The molecule has 504 valence electrons. The second kappa shape index (κ2) is 52.2. The topological polar surface area (TPSA) is 228 Å². The van der Waals surface area contributed by atoms with E-state index in [4.69, 9.17) is 25.7 Å². The minimum absolute atomic E-state index is 0. The van der Waals surface area contributed by atoms with E-state index >= 15 is 0 Å². The Morgan fingerprint density at radius 2 is 0.814 bits per heavy atom. The van der Waals surface area contributed by atoms with Gasteiger partial charge < -0.3 is 24.1 Å². The van der Waals surface area contributed by atoms with Gasteiger partial charge in [-0.2, -0.15) is 39.5 Å². The molecule has 0 aliphatic heterocycles. The molecular weight excluding hydrogens is 1300 g/mol. The number of ether oxygens (including phenoxy) is 4. The number of aliphatic carboxylic acids is 1. The molecule has 0 amide bonds. The molecule has 0 aliphatic rings. The van der Waals surface area contributed by atoms with Crippen LogP contribution in [-0.4, -0.2) is 142 Å². The van der Waals surface area contributed by atoms with Crippen LogP contribution < -0.4 is 0 Å². The van der Waals surface area contributed by atoms with Crippen LogP contribution >= 0.6 is 39.5 Å². The van der Waals surface area contributed by atoms with Crippen molar-refractivity contribution in [2.45, 2.75) is 219 Å². The van der Waals surface area contributed by atoms with E-state index in [0.29, 0.717) is 19.0 Å². The van der Waals surface area contributed by atoms with Crippen LogP contribution in [0.1, 0.15) is 178 Å². The molecule has 0 aromatic rings. The van der Waals surface area contributed by atoms with E-state index in [1.165, 1.54) is 25.6 Å². The Hall–Kier alpha value is -4.73. The molecule has 0 heterocycles. The number of thioether (sulfide) groups is 2. The fourth-order valence-corrected chi connectivity index (χ4v) is 8.64. The van der Waals surface area contributed by atoms with Gasteiger partial charge in [0.05, 0.1) is 37.9 Å². The number of halogens is 10. The van der Waals surface area contributed by atoms with E-state index in [0.717, 1.165) is 39.5 Å². The molecule has 0 atom stereocenters. The third-order valence-electron chi connectivity index (χ3n) is 8.79. The Morgan fingerprint density at radius 3 is 1.05 bits per heavy atom. The van der Waals surface area contributed by atoms with Crippen molar-refractivity contribution in [1.29, 1.82) is 0 Å². The molecular formula is C57H92BrF9O15S4. The summed E-state index contributed by atoms with van der Waals surface area (Å²) in [6.45, 7) is 30.6. The molecule has 0 aromatic carbocycles. The zero-order valence-electron chi connectivity index (χ0n) is 52.1. The van der Waals surface area contributed by atoms with Gasteiger partial charge in [-0.1, -0.05) is 41.0 Å². The molecule has 0 unspecified atom stereocenters. The Balaban J connectivity index is -0.000000100. The van der Waals surface area contributed by atoms with Crippen molar-refractivity contribution in [3.05, 3.63) is 0 Å². The van der Waals surface area contributed by atoms with E-state index < -0.39 is 117 Å². The van der Waals surface area contributed by atoms with Crippen LogP contribution in [0.4, 0.5) is 39.5 Å². The summed E-state index contributed by atoms with van der Waals surface area (Å²) in [7, 11) is -8.06. The Labute approximate surface area is 524 Å². The van der Waals surface area contributed by atoms with Crippen LogP contribution in [0, 0.1) is 61.2 Å². The molecule has 0 saturated heterocycles. The van der Waals surface area contributed by atoms with Crippen LogP contribution in [0.5, 0.6) is 0 Å². The van der Waals surface area contributed by atoms with Crippen LogP contribution in [-0.2, 0) is 67.4 Å². The number of terminal acetylenes is 3. The monoisotopic (exact) mass is 1390 g/mol. The highest BCUT2D eigenvalue weighted by Gasteiger charge is 2.44. The number of carboxylic acid groups (broad SMARTS) is 1. The maximum atomic E-state index is 11.9. The molecule has 0 bridgehead atoms. The number of esters is 4. The van der Waals surface area contributed by atoms with Crippen LogP contribution in [0.15, 0.2) is 0 Å². The number of alkyl halides is 10. The highest BCUT2D eigenvalue weighted by atomic mass is 79.9. The third-order valence-corrected chi connectivity index (χ3v) is 16.6. The minimum Gasteiger partial charge on any atom is -0.480 e. The maximum Gasteiger partial charge on any atom is 0.389 e. The van der Waals surface area contributed by atoms with Crippen molar-refractivity contribution in [3.8, 4) is 61.2 Å². The molecule has 0 fully saturated rings. The first-order valence-electron chi connectivity index (χ1n) is 25.2. The summed E-state index contributed by atoms with van der Waals surface area (Å²) in [5.41, 5.74) is 0. The SMILES string of the molecule is C.C#C.C#CC.C#CC#CC.CC#CC.CC(C)(C(=O)O)S(=O)(=O)CCCC(F)(F)F.CCOC(=O)C(C)(C)Br.CCOC(=O)C(C)(C)S(=O)(=O)CCCC(F)(F)F.CCOC(=O)C(C)(C)SC(C)=O.CCOC(=O)C(C)(C)SCCCC(F)(F)F. The van der Waals surface area contributed by atoms with Crippen molar-refractivity contribution in [3.63, 3.8) is 0 Å². The largest absolute Gasteiger partial charge is 0.480 e. The van der Waals surface area contributed by atoms with Gasteiger partial charge in [0.15, 0.2) is 34.3 Å². The first-order chi connectivity index (χ1) is 38.1. The lowest BCUT2D eigenvalue weighted by molar-refractivity contribution is -0.146. The average Bonchev–Trinajstić information content (AvgIpc) is 3.33. The number of carbonyl (C=O) groups is 6. The Kier molecular flexibility index (Phi) is 62.6. The summed E-state index contributed by atoms with van der Waals surface area (Å²) in [4.78, 5) is 66.2. The summed E-state index contributed by atoms with van der Waals surface area (Å²) >= 11 is 5.35. The van der Waals surface area contributed by atoms with Gasteiger partial charge in [-0.3, -0.25) is 28.8 Å². The number of sulfone groups is 2. The van der Waals surface area contributed by atoms with Crippen molar-refractivity contribution in [1.82, 2.24) is 0 Å². The van der Waals surface area contributed by atoms with Crippen molar-refractivity contribution >= 4 is 94.1 Å². The van der Waals surface area contributed by atoms with Crippen LogP contribution in [0.25, 0.3) is 0 Å². The van der Waals surface area contributed by atoms with Gasteiger partial charge in [0.1, 0.15) is 13.8 Å². The van der Waals surface area contributed by atoms with E-state index in [1.54, 1.807) is 76.2 Å². The van der Waals surface area contributed by atoms with E-state index in [1.807, 2.05) is 13.8 Å². The fourth-order valence-electron chi connectivity index (χ4n) is 4.04. The van der Waals surface area contributed by atoms with Gasteiger partial charge in [-0.25, -0.2) is 16.8 Å². The van der Waals surface area contributed by atoms with Crippen molar-refractivity contribution < 1.29 is 109 Å². The Morgan fingerprint density at radius 1 is 0.523 bits per heavy atom. The molecule has 86 heavy (non-hydrogen) atoms. The predicted octanol–water partition coefficient (Wildman–Crippen LogP) is 13.6. The molecule has 29 heteroatoms. The highest BCUT2D eigenvalue weighted by Crippen LogP contribution is 2.31. The minimum atomic E-state index is -4.43. The Bertz CT molecular complexity index is 2390. The third kappa shape index (κ3) is 62.3. The van der Waals surface area contributed by atoms with Crippen LogP contribution in [0.2, 0.25) is 0 Å². The van der Waals surface area contributed by atoms with E-state index in [9.17, 15) is 85.1 Å². The zero-order valence-corrected chi connectivity index (χ0v) is 56.9. The maximum absolute atomic E-state index is 11.9. The predicted molar refractivity (Wildman–Crippen MR) is 330 cm³/mol. The molecule has 0 aromatic heterocycles. The smallest absolute Gasteiger partial charge is 0.389 e. The van der Waals surface area contributed by atoms with Crippen LogP contribution in [0.3, 0.4) is 0 Å². The number of rotatable bonds is 22. The summed E-state index contributed by atoms with van der Waals surface area (Å²) in [6.07, 6.45) is -0.0194. The van der Waals surface area contributed by atoms with E-state index in [2.05, 4.69) is 75.5 Å². The van der Waals surface area contributed by atoms with Gasteiger partial charge in [-0.15, -0.1) is 55.2 Å². The average molecular weight is 1400 g/mol. The molecule has 0 saturated carbocycles. The fraction of sp³-hybridized carbons (Fsp3) is 0.719. The first-order valence-corrected chi connectivity index (χ1v) is 31.1. The van der Waals surface area contributed by atoms with Crippen molar-refractivity contribution in [2.75, 3.05) is 43.7 Å². The van der Waals surface area contributed by atoms with Gasteiger partial charge in [-0.05, 0) is 161 Å². The number of carbonyl (C=O) groups excluding carboxylic acids is 5. The van der Waals surface area contributed by atoms with E-state index in [-0.39, 0.29) is 50.1 Å². The second-order valence-electron chi connectivity index (χ2n) is 18.2. The highest BCUT2D eigenvalue weighted by molar-refractivity contribution is 9.10. The normalized spacial score (nSPS) is 10.9.